The Labute approximate surface area is 110 Å². The van der Waals surface area contributed by atoms with Gasteiger partial charge in [0.1, 0.15) is 5.75 Å². The van der Waals surface area contributed by atoms with Crippen molar-refractivity contribution >= 4 is 28.6 Å². The molecule has 0 saturated carbocycles. The number of benzene rings is 1. The summed E-state index contributed by atoms with van der Waals surface area (Å²) in [5.74, 6) is 0.596. The predicted molar refractivity (Wildman–Crippen MR) is 74.5 cm³/mol. The summed E-state index contributed by atoms with van der Waals surface area (Å²) in [7, 11) is 3.29. The lowest BCUT2D eigenvalue weighted by Gasteiger charge is -2.18. The van der Waals surface area contributed by atoms with Crippen molar-refractivity contribution in [3.8, 4) is 5.75 Å². The zero-order valence-electron chi connectivity index (χ0n) is 10.2. The second-order valence-electron chi connectivity index (χ2n) is 3.77. The maximum atomic E-state index is 12.3. The first kappa shape index (κ1) is 12.4. The molecule has 0 aliphatic carbocycles. The van der Waals surface area contributed by atoms with Gasteiger partial charge in [-0.2, -0.15) is 0 Å². The van der Waals surface area contributed by atoms with E-state index < -0.39 is 0 Å². The second-order valence-corrected chi connectivity index (χ2v) is 4.68. The van der Waals surface area contributed by atoms with Gasteiger partial charge >= 0.3 is 0 Å². The molecule has 5 heteroatoms. The van der Waals surface area contributed by atoms with Gasteiger partial charge in [0.05, 0.1) is 23.4 Å². The Balaban J connectivity index is 2.26. The van der Waals surface area contributed by atoms with Gasteiger partial charge in [0.2, 0.25) is 0 Å². The molecule has 0 atom stereocenters. The molecule has 1 aromatic carbocycles. The summed E-state index contributed by atoms with van der Waals surface area (Å²) < 4.78 is 5.07. The Bertz CT molecular complexity index is 566. The molecule has 4 nitrogen and oxygen atoms in total. The van der Waals surface area contributed by atoms with Gasteiger partial charge in [0.25, 0.3) is 5.91 Å². The fourth-order valence-electron chi connectivity index (χ4n) is 1.61. The number of anilines is 2. The number of hydrogen-bond donors (Lipinski definition) is 1. The Hall–Kier alpha value is -2.01. The molecule has 0 unspecified atom stereocenters. The molecular formula is C13H14N2O2S. The van der Waals surface area contributed by atoms with Gasteiger partial charge in [0.15, 0.2) is 0 Å². The van der Waals surface area contributed by atoms with Crippen LogP contribution in [0.15, 0.2) is 35.7 Å². The number of ether oxygens (including phenoxy) is 1. The van der Waals surface area contributed by atoms with Crippen LogP contribution in [0, 0.1) is 0 Å². The summed E-state index contributed by atoms with van der Waals surface area (Å²) in [4.78, 5) is 14.4. The van der Waals surface area contributed by atoms with Crippen molar-refractivity contribution in [3.63, 3.8) is 0 Å². The summed E-state index contributed by atoms with van der Waals surface area (Å²) in [6, 6.07) is 9.00. The third kappa shape index (κ3) is 2.31. The molecule has 0 aliphatic rings. The van der Waals surface area contributed by atoms with E-state index in [0.717, 1.165) is 0 Å². The van der Waals surface area contributed by atoms with E-state index in [-0.39, 0.29) is 5.91 Å². The first-order chi connectivity index (χ1) is 8.63. The quantitative estimate of drug-likeness (QED) is 0.865. The van der Waals surface area contributed by atoms with Crippen LogP contribution in [0.2, 0.25) is 0 Å². The van der Waals surface area contributed by atoms with Crippen LogP contribution in [0.5, 0.6) is 5.75 Å². The summed E-state index contributed by atoms with van der Waals surface area (Å²) in [6.07, 6.45) is 0. The predicted octanol–water partition coefficient (Wildman–Crippen LogP) is 2.62. The van der Waals surface area contributed by atoms with E-state index in [9.17, 15) is 4.79 Å². The number of carbonyl (C=O) groups is 1. The molecule has 0 fully saturated rings. The molecule has 18 heavy (non-hydrogen) atoms. The molecule has 2 N–H and O–H groups in total. The van der Waals surface area contributed by atoms with Gasteiger partial charge in [-0.25, -0.2) is 0 Å². The highest BCUT2D eigenvalue weighted by Crippen LogP contribution is 2.26. The third-order valence-corrected chi connectivity index (χ3v) is 3.52. The third-order valence-electron chi connectivity index (χ3n) is 2.62. The summed E-state index contributed by atoms with van der Waals surface area (Å²) >= 11 is 1.35. The van der Waals surface area contributed by atoms with Gasteiger partial charge < -0.3 is 15.4 Å². The molecule has 1 aromatic heterocycles. The van der Waals surface area contributed by atoms with Gasteiger partial charge in [-0.1, -0.05) is 12.1 Å². The average molecular weight is 262 g/mol. The molecule has 1 heterocycles. The van der Waals surface area contributed by atoms with Crippen LogP contribution in [-0.2, 0) is 0 Å². The monoisotopic (exact) mass is 262 g/mol. The molecule has 0 bridgehead atoms. The number of carbonyl (C=O) groups excluding carboxylic acids is 1. The summed E-state index contributed by atoms with van der Waals surface area (Å²) in [5.41, 5.74) is 7.14. The van der Waals surface area contributed by atoms with Crippen molar-refractivity contribution in [2.24, 2.45) is 0 Å². The van der Waals surface area contributed by atoms with E-state index in [1.165, 1.54) is 11.3 Å². The maximum absolute atomic E-state index is 12.3. The fourth-order valence-corrected chi connectivity index (χ4v) is 2.43. The van der Waals surface area contributed by atoms with Crippen molar-refractivity contribution in [2.45, 2.75) is 0 Å². The van der Waals surface area contributed by atoms with Gasteiger partial charge in [0, 0.05) is 18.5 Å². The van der Waals surface area contributed by atoms with E-state index >= 15 is 0 Å². The molecule has 2 aromatic rings. The highest BCUT2D eigenvalue weighted by molar-refractivity contribution is 7.12. The van der Waals surface area contributed by atoms with Crippen molar-refractivity contribution in [1.82, 2.24) is 0 Å². The zero-order valence-corrected chi connectivity index (χ0v) is 11.0. The molecule has 94 valence electrons. The number of hydrogen-bond acceptors (Lipinski definition) is 4. The van der Waals surface area contributed by atoms with Crippen LogP contribution >= 0.6 is 11.3 Å². The highest BCUT2D eigenvalue weighted by atomic mass is 32.1. The number of para-hydroxylation sites is 2. The first-order valence-electron chi connectivity index (χ1n) is 5.38. The van der Waals surface area contributed by atoms with E-state index in [2.05, 4.69) is 0 Å². The van der Waals surface area contributed by atoms with Gasteiger partial charge in [-0.05, 0) is 12.1 Å². The standard InChI is InChI=1S/C13H14N2O2S/c1-15(11-6-4-3-5-10(11)14)13(16)12-7-9(17-2)8-18-12/h3-8H,14H2,1-2H3. The number of methoxy groups -OCH3 is 1. The van der Waals surface area contributed by atoms with Crippen LogP contribution in [0.4, 0.5) is 11.4 Å². The summed E-state index contributed by atoms with van der Waals surface area (Å²) in [5, 5.41) is 1.80. The largest absolute Gasteiger partial charge is 0.496 e. The van der Waals surface area contributed by atoms with E-state index in [4.69, 9.17) is 10.5 Å². The lowest BCUT2D eigenvalue weighted by Crippen LogP contribution is -2.26. The molecular weight excluding hydrogens is 248 g/mol. The lowest BCUT2D eigenvalue weighted by molar-refractivity contribution is 0.0996. The second kappa shape index (κ2) is 5.10. The smallest absolute Gasteiger partial charge is 0.268 e. The first-order valence-corrected chi connectivity index (χ1v) is 6.26. The number of nitrogens with two attached hydrogens (primary N) is 1. The Morgan fingerprint density at radius 2 is 2.11 bits per heavy atom. The Kier molecular flexibility index (Phi) is 3.53. The fraction of sp³-hybridized carbons (Fsp3) is 0.154. The highest BCUT2D eigenvalue weighted by Gasteiger charge is 2.17. The maximum Gasteiger partial charge on any atom is 0.268 e. The van der Waals surface area contributed by atoms with Crippen LogP contribution in [0.1, 0.15) is 9.67 Å². The van der Waals surface area contributed by atoms with E-state index in [1.54, 1.807) is 36.6 Å². The SMILES string of the molecule is COc1csc(C(=O)N(C)c2ccccc2N)c1. The van der Waals surface area contributed by atoms with Gasteiger partial charge in [-0.15, -0.1) is 11.3 Å². The minimum atomic E-state index is -0.0961. The van der Waals surface area contributed by atoms with Crippen molar-refractivity contribution in [2.75, 3.05) is 24.8 Å². The van der Waals surface area contributed by atoms with Crippen molar-refractivity contribution in [1.29, 1.82) is 0 Å². The number of rotatable bonds is 3. The van der Waals surface area contributed by atoms with E-state index in [1.807, 2.05) is 18.2 Å². The van der Waals surface area contributed by atoms with Crippen LogP contribution in [-0.4, -0.2) is 20.1 Å². The Morgan fingerprint density at radius 3 is 2.72 bits per heavy atom. The van der Waals surface area contributed by atoms with Gasteiger partial charge in [-0.3, -0.25) is 4.79 Å². The number of thiophene rings is 1. The minimum Gasteiger partial charge on any atom is -0.496 e. The minimum absolute atomic E-state index is 0.0961. The Morgan fingerprint density at radius 1 is 1.39 bits per heavy atom. The summed E-state index contributed by atoms with van der Waals surface area (Å²) in [6.45, 7) is 0. The number of amides is 1. The van der Waals surface area contributed by atoms with Crippen LogP contribution < -0.4 is 15.4 Å². The zero-order chi connectivity index (χ0) is 13.1. The lowest BCUT2D eigenvalue weighted by atomic mass is 10.2. The topological polar surface area (TPSA) is 55.6 Å². The van der Waals surface area contributed by atoms with Crippen LogP contribution in [0.3, 0.4) is 0 Å². The molecule has 0 aliphatic heterocycles. The number of nitrogens with zero attached hydrogens (tertiary/aromatic N) is 1. The molecule has 1 amide bonds. The van der Waals surface area contributed by atoms with Crippen molar-refractivity contribution in [3.05, 3.63) is 40.6 Å². The molecule has 2 rings (SSSR count). The average Bonchev–Trinajstić information content (AvgIpc) is 2.86. The molecule has 0 saturated heterocycles. The van der Waals surface area contributed by atoms with E-state index in [0.29, 0.717) is 22.0 Å². The van der Waals surface area contributed by atoms with Crippen molar-refractivity contribution < 1.29 is 9.53 Å². The normalized spacial score (nSPS) is 10.1. The number of nitrogen functional groups attached to an aromatic ring is 1. The van der Waals surface area contributed by atoms with Crippen LogP contribution in [0.25, 0.3) is 0 Å². The molecule has 0 radical (unpaired) electrons. The molecule has 0 spiro atoms.